The molecule has 1 aliphatic heterocycles. The fourth-order valence-electron chi connectivity index (χ4n) is 7.91. The lowest BCUT2D eigenvalue weighted by molar-refractivity contribution is -0.295. The van der Waals surface area contributed by atoms with Gasteiger partial charge in [0.1, 0.15) is 19.0 Å². The highest BCUT2D eigenvalue weighted by Gasteiger charge is 2.60. The minimum absolute atomic E-state index is 0.0713. The fraction of sp³-hybridized carbons (Fsp3) is 0.302. The van der Waals surface area contributed by atoms with Gasteiger partial charge in [0.15, 0.2) is 0 Å². The molecule has 0 fully saturated rings. The Balaban J connectivity index is 1.69. The summed E-state index contributed by atoms with van der Waals surface area (Å²) in [5, 5.41) is 0. The van der Waals surface area contributed by atoms with Crippen LogP contribution in [0.25, 0.3) is 33.7 Å². The largest absolute Gasteiger partial charge is 0.598 e. The third-order valence-electron chi connectivity index (χ3n) is 11.8. The van der Waals surface area contributed by atoms with Crippen LogP contribution < -0.4 is 4.74 Å². The van der Waals surface area contributed by atoms with Crippen LogP contribution in [-0.4, -0.2) is 62.0 Å². The van der Waals surface area contributed by atoms with Gasteiger partial charge in [-0.05, 0) is 52.1 Å². The molecule has 0 saturated heterocycles. The first-order chi connectivity index (χ1) is 32.1. The number of para-hydroxylation sites is 1. The van der Waals surface area contributed by atoms with Crippen LogP contribution in [0.5, 0.6) is 5.75 Å². The van der Waals surface area contributed by atoms with Crippen LogP contribution >= 0.6 is 0 Å². The van der Waals surface area contributed by atoms with Gasteiger partial charge in [0.05, 0.1) is 24.2 Å². The maximum atomic E-state index is 15.0. The summed E-state index contributed by atoms with van der Waals surface area (Å²) >= 11 is 0. The third-order valence-corrected chi connectivity index (χ3v) is 11.8. The number of halogens is 10. The Labute approximate surface area is 394 Å². The predicted octanol–water partition coefficient (Wildman–Crippen LogP) is 14.8. The minimum Gasteiger partial charge on any atom is -0.496 e. The Bertz CT molecular complexity index is 2840. The summed E-state index contributed by atoms with van der Waals surface area (Å²) in [4.78, 5) is 5.23. The van der Waals surface area contributed by atoms with Crippen LogP contribution in [0.4, 0.5) is 43.9 Å². The molecule has 362 valence electrons. The standard InChI is InChI=1S/C53H49BF10N2O3/c1-32-17-19-35(20-18-32)45-38-13-9-10-14-39(38)46(65-45)44(40-15-11-12-16-43(40)67-8)47-41(33-21-25-36(26-22-33)48(2,3)4)29-42(34-23-27-37(28-24-34)49(5,6)7)66(47)54(68-30-50(55,56)52(59,60)61)69-31-51(57,58)53(62,63)64/h9-29H,30-31H2,1-8H3/b46-44-. The lowest BCUT2D eigenvalue weighted by Crippen LogP contribution is -2.48. The lowest BCUT2D eigenvalue weighted by Gasteiger charge is -2.28. The van der Waals surface area contributed by atoms with E-state index in [2.05, 4.69) is 0 Å². The van der Waals surface area contributed by atoms with Gasteiger partial charge in [-0.2, -0.15) is 43.9 Å². The summed E-state index contributed by atoms with van der Waals surface area (Å²) in [7, 11) is -1.44. The highest BCUT2D eigenvalue weighted by atomic mass is 19.4. The maximum Gasteiger partial charge on any atom is 0.598 e. The summed E-state index contributed by atoms with van der Waals surface area (Å²) in [6, 6.07) is 36.6. The van der Waals surface area contributed by atoms with E-state index in [1.165, 1.54) is 7.11 Å². The van der Waals surface area contributed by atoms with Crippen LogP contribution in [0.1, 0.15) is 86.2 Å². The van der Waals surface area contributed by atoms with E-state index in [1.54, 1.807) is 84.9 Å². The quantitative estimate of drug-likeness (QED) is 0.0856. The molecule has 0 spiro atoms. The number of rotatable bonds is 13. The topological polar surface area (TPSA) is 45.0 Å². The third kappa shape index (κ3) is 10.4. The Morgan fingerprint density at radius 1 is 0.551 bits per heavy atom. The first-order valence-corrected chi connectivity index (χ1v) is 21.9. The molecule has 7 rings (SSSR count). The van der Waals surface area contributed by atoms with E-state index < -0.39 is 50.1 Å². The molecule has 6 aromatic rings. The van der Waals surface area contributed by atoms with Gasteiger partial charge in [-0.1, -0.05) is 162 Å². The normalized spacial score (nSPS) is 14.4. The van der Waals surface area contributed by atoms with Gasteiger partial charge in [0.2, 0.25) is 0 Å². The molecular weight excluding hydrogens is 913 g/mol. The van der Waals surface area contributed by atoms with Gasteiger partial charge in [0, 0.05) is 39.1 Å². The zero-order valence-corrected chi connectivity index (χ0v) is 39.0. The number of nitrogens with zero attached hydrogens (tertiary/aromatic N) is 2. The Morgan fingerprint density at radius 2 is 1.01 bits per heavy atom. The molecule has 0 bridgehead atoms. The van der Waals surface area contributed by atoms with Crippen molar-refractivity contribution < 1.29 is 57.9 Å². The summed E-state index contributed by atoms with van der Waals surface area (Å²) in [6.07, 6.45) is -12.4. The Morgan fingerprint density at radius 3 is 1.51 bits per heavy atom. The number of methoxy groups -OCH3 is 1. The molecular formula is C53H49BF10N2O3. The highest BCUT2D eigenvalue weighted by Crippen LogP contribution is 2.48. The van der Waals surface area contributed by atoms with Crippen LogP contribution in [-0.2, 0) is 20.1 Å². The zero-order chi connectivity index (χ0) is 50.5. The van der Waals surface area contributed by atoms with Crippen molar-refractivity contribution in [3.05, 3.63) is 172 Å². The molecule has 0 saturated carbocycles. The van der Waals surface area contributed by atoms with E-state index in [9.17, 15) is 26.3 Å². The molecule has 0 unspecified atom stereocenters. The van der Waals surface area contributed by atoms with Crippen molar-refractivity contribution >= 4 is 24.2 Å². The lowest BCUT2D eigenvalue weighted by atomic mass is 9.85. The molecule has 0 amide bonds. The van der Waals surface area contributed by atoms with Gasteiger partial charge in [-0.15, -0.1) is 0 Å². The van der Waals surface area contributed by atoms with Crippen molar-refractivity contribution in [1.82, 2.24) is 4.48 Å². The number of alkyl halides is 10. The summed E-state index contributed by atoms with van der Waals surface area (Å²) < 4.78 is 161. The molecule has 0 radical (unpaired) electrons. The fourth-order valence-corrected chi connectivity index (χ4v) is 7.91. The number of fused-ring (bicyclic) bond motifs is 1. The van der Waals surface area contributed by atoms with E-state index >= 15 is 17.6 Å². The van der Waals surface area contributed by atoms with Gasteiger partial charge in [0.25, 0.3) is 0 Å². The average Bonchev–Trinajstić information content (AvgIpc) is 3.85. The number of hydrogen-bond donors (Lipinski definition) is 0. The molecule has 1 aromatic heterocycles. The van der Waals surface area contributed by atoms with E-state index in [-0.39, 0.29) is 50.5 Å². The van der Waals surface area contributed by atoms with Gasteiger partial charge in [-0.3, -0.25) is 0 Å². The van der Waals surface area contributed by atoms with Gasteiger partial charge in [-0.25, -0.2) is 4.99 Å². The van der Waals surface area contributed by atoms with Gasteiger partial charge >= 0.3 is 31.5 Å². The molecule has 69 heavy (non-hydrogen) atoms. The number of aryl methyl sites for hydroxylation is 1. The molecule has 5 aromatic carbocycles. The molecule has 0 aliphatic carbocycles. The SMILES string of the molecule is COc1ccccc1/C(=C1/N=C(c2ccc(C)cc2)c2ccccc21)c1c(-c2ccc(C(C)(C)C)cc2)cc(-c2ccc(C(C)(C)C)cc2)n1B(OCC(F)(F)C(F)(F)F)OCC(F)(F)C(F)(F)F. The predicted molar refractivity (Wildman–Crippen MR) is 250 cm³/mol. The second-order valence-electron chi connectivity index (χ2n) is 18.9. The molecule has 1 aliphatic rings. The molecule has 2 heterocycles. The van der Waals surface area contributed by atoms with Crippen molar-refractivity contribution in [3.8, 4) is 28.1 Å². The van der Waals surface area contributed by atoms with Crippen LogP contribution in [0.2, 0.25) is 0 Å². The first kappa shape index (κ1) is 50.7. The first-order valence-electron chi connectivity index (χ1n) is 21.9. The van der Waals surface area contributed by atoms with Crippen molar-refractivity contribution in [3.63, 3.8) is 0 Å². The highest BCUT2D eigenvalue weighted by molar-refractivity contribution is 6.44. The van der Waals surface area contributed by atoms with Crippen molar-refractivity contribution in [1.29, 1.82) is 0 Å². The van der Waals surface area contributed by atoms with Crippen LogP contribution in [0.15, 0.2) is 132 Å². The van der Waals surface area contributed by atoms with Crippen molar-refractivity contribution in [2.45, 2.75) is 83.5 Å². The maximum absolute atomic E-state index is 15.0. The van der Waals surface area contributed by atoms with Crippen molar-refractivity contribution in [2.24, 2.45) is 4.99 Å². The van der Waals surface area contributed by atoms with E-state index in [1.807, 2.05) is 90.9 Å². The zero-order valence-electron chi connectivity index (χ0n) is 39.0. The number of aromatic nitrogens is 1. The molecule has 0 N–H and O–H groups in total. The molecule has 5 nitrogen and oxygen atoms in total. The van der Waals surface area contributed by atoms with Crippen LogP contribution in [0, 0.1) is 6.92 Å². The van der Waals surface area contributed by atoms with Crippen molar-refractivity contribution in [2.75, 3.05) is 20.3 Å². The number of ether oxygens (including phenoxy) is 1. The summed E-state index contributed by atoms with van der Waals surface area (Å²) in [5.74, 6) is -11.0. The van der Waals surface area contributed by atoms with Gasteiger partial charge < -0.3 is 18.5 Å². The number of aliphatic imine (C=N–C) groups is 1. The number of hydrogen-bond acceptors (Lipinski definition) is 4. The van der Waals surface area contributed by atoms with E-state index in [0.29, 0.717) is 28.0 Å². The molecule has 0 atom stereocenters. The summed E-state index contributed by atoms with van der Waals surface area (Å²) in [5.41, 5.74) is 5.48. The van der Waals surface area contributed by atoms with E-state index in [4.69, 9.17) is 19.0 Å². The average molecular weight is 963 g/mol. The summed E-state index contributed by atoms with van der Waals surface area (Å²) in [6.45, 7) is 8.63. The minimum atomic E-state index is -6.22. The second-order valence-corrected chi connectivity index (χ2v) is 18.9. The monoisotopic (exact) mass is 962 g/mol. The molecule has 16 heteroatoms. The Kier molecular flexibility index (Phi) is 13.7. The Hall–Kier alpha value is -6.13. The van der Waals surface area contributed by atoms with Crippen LogP contribution in [0.3, 0.4) is 0 Å². The second kappa shape index (κ2) is 18.7. The number of benzene rings is 5. The smallest absolute Gasteiger partial charge is 0.496 e. The van der Waals surface area contributed by atoms with E-state index in [0.717, 1.165) is 21.2 Å².